The van der Waals surface area contributed by atoms with E-state index < -0.39 is 0 Å². The largest absolute Gasteiger partial charge is 0.312 e. The van der Waals surface area contributed by atoms with E-state index in [4.69, 9.17) is 0 Å². The van der Waals surface area contributed by atoms with Gasteiger partial charge in [0.25, 0.3) is 0 Å². The lowest BCUT2D eigenvalue weighted by molar-refractivity contribution is 0.387. The molecule has 0 radical (unpaired) electrons. The Morgan fingerprint density at radius 2 is 0.867 bits per heavy atom. The average molecular weight is 392 g/mol. The summed E-state index contributed by atoms with van der Waals surface area (Å²) in [6, 6.07) is 43.4. The number of rotatable bonds is 9. The van der Waals surface area contributed by atoms with Crippen LogP contribution < -0.4 is 5.32 Å². The first-order valence-corrected chi connectivity index (χ1v) is 10.7. The molecule has 0 aromatic heterocycles. The zero-order valence-electron chi connectivity index (χ0n) is 17.4. The smallest absolute Gasteiger partial charge is 0.0205 e. The monoisotopic (exact) mass is 391 g/mol. The minimum Gasteiger partial charge on any atom is -0.312 e. The van der Waals surface area contributed by atoms with E-state index >= 15 is 0 Å². The predicted octanol–water partition coefficient (Wildman–Crippen LogP) is 6.20. The molecule has 4 rings (SSSR count). The van der Waals surface area contributed by atoms with E-state index in [1.54, 1.807) is 0 Å². The van der Waals surface area contributed by atoms with Crippen molar-refractivity contribution < 1.29 is 0 Å². The molecular weight excluding hydrogens is 362 g/mol. The third-order valence-electron chi connectivity index (χ3n) is 5.79. The van der Waals surface area contributed by atoms with Crippen molar-refractivity contribution in [2.75, 3.05) is 6.54 Å². The average Bonchev–Trinajstić information content (AvgIpc) is 2.82. The zero-order chi connectivity index (χ0) is 20.5. The first kappa shape index (κ1) is 20.1. The minimum atomic E-state index is -0.0290. The van der Waals surface area contributed by atoms with Gasteiger partial charge in [0, 0.05) is 18.5 Å². The number of hydrogen-bond donors (Lipinski definition) is 1. The zero-order valence-corrected chi connectivity index (χ0v) is 17.4. The lowest BCUT2D eigenvalue weighted by Gasteiger charge is -2.36. The Labute approximate surface area is 180 Å². The highest BCUT2D eigenvalue weighted by atomic mass is 14.9. The summed E-state index contributed by atoms with van der Waals surface area (Å²) >= 11 is 0. The van der Waals surface area contributed by atoms with Crippen LogP contribution in [0.5, 0.6) is 0 Å². The van der Waals surface area contributed by atoms with Gasteiger partial charge in [0.2, 0.25) is 0 Å². The molecule has 30 heavy (non-hydrogen) atoms. The van der Waals surface area contributed by atoms with Crippen molar-refractivity contribution in [3.8, 4) is 0 Å². The van der Waals surface area contributed by atoms with E-state index in [-0.39, 0.29) is 5.41 Å². The van der Waals surface area contributed by atoms with Crippen molar-refractivity contribution in [3.63, 3.8) is 0 Å². The van der Waals surface area contributed by atoms with Gasteiger partial charge in [-0.25, -0.2) is 0 Å². The number of benzene rings is 4. The normalized spacial score (nSPS) is 11.3. The molecule has 0 saturated carbocycles. The second kappa shape index (κ2) is 10.0. The van der Waals surface area contributed by atoms with E-state index in [9.17, 15) is 0 Å². The topological polar surface area (TPSA) is 12.0 Å². The molecule has 0 unspecified atom stereocenters. The Bertz CT molecular complexity index is 954. The van der Waals surface area contributed by atoms with Crippen LogP contribution in [0.15, 0.2) is 121 Å². The Morgan fingerprint density at radius 1 is 0.467 bits per heavy atom. The Morgan fingerprint density at radius 3 is 1.33 bits per heavy atom. The van der Waals surface area contributed by atoms with Crippen LogP contribution in [0.4, 0.5) is 0 Å². The van der Waals surface area contributed by atoms with Crippen LogP contribution in [-0.4, -0.2) is 6.54 Å². The molecule has 4 aromatic carbocycles. The summed E-state index contributed by atoms with van der Waals surface area (Å²) in [5.41, 5.74) is 5.42. The number of hydrogen-bond acceptors (Lipinski definition) is 1. The maximum atomic E-state index is 3.78. The fourth-order valence-electron chi connectivity index (χ4n) is 4.30. The van der Waals surface area contributed by atoms with Crippen LogP contribution in [0, 0.1) is 0 Å². The van der Waals surface area contributed by atoms with Crippen LogP contribution in [-0.2, 0) is 24.8 Å². The van der Waals surface area contributed by atoms with Gasteiger partial charge in [-0.05, 0) is 35.1 Å². The van der Waals surface area contributed by atoms with Crippen LogP contribution in [0.1, 0.15) is 22.3 Å². The van der Waals surface area contributed by atoms with Gasteiger partial charge in [-0.2, -0.15) is 0 Å². The van der Waals surface area contributed by atoms with Crippen molar-refractivity contribution in [3.05, 3.63) is 144 Å². The lowest BCUT2D eigenvalue weighted by Crippen LogP contribution is -2.42. The highest BCUT2D eigenvalue weighted by molar-refractivity contribution is 5.34. The molecule has 4 aromatic rings. The van der Waals surface area contributed by atoms with E-state index in [0.29, 0.717) is 0 Å². The van der Waals surface area contributed by atoms with Gasteiger partial charge in [0.15, 0.2) is 0 Å². The highest BCUT2D eigenvalue weighted by Gasteiger charge is 2.32. The molecule has 1 nitrogen and oxygen atoms in total. The third-order valence-corrected chi connectivity index (χ3v) is 5.79. The van der Waals surface area contributed by atoms with Gasteiger partial charge in [-0.3, -0.25) is 0 Å². The minimum absolute atomic E-state index is 0.0290. The Hall–Kier alpha value is -3.16. The van der Waals surface area contributed by atoms with Gasteiger partial charge < -0.3 is 5.32 Å². The van der Waals surface area contributed by atoms with E-state index in [1.807, 2.05) is 0 Å². The SMILES string of the molecule is c1ccc(CNCC(Cc2ccccc2)(Cc2ccccc2)c2ccccc2)cc1. The standard InChI is InChI=1S/C29H29N/c1-5-13-25(14-6-1)21-29(28-19-11-4-12-20-28,22-26-15-7-2-8-16-26)24-30-23-27-17-9-3-10-18-27/h1-20,30H,21-24H2. The van der Waals surface area contributed by atoms with Crippen LogP contribution >= 0.6 is 0 Å². The van der Waals surface area contributed by atoms with Crippen molar-refractivity contribution in [2.45, 2.75) is 24.8 Å². The number of nitrogens with one attached hydrogen (secondary N) is 1. The summed E-state index contributed by atoms with van der Waals surface area (Å²) in [5, 5.41) is 3.78. The van der Waals surface area contributed by atoms with Gasteiger partial charge in [0.1, 0.15) is 0 Å². The predicted molar refractivity (Wildman–Crippen MR) is 127 cm³/mol. The van der Waals surface area contributed by atoms with E-state index in [2.05, 4.69) is 127 Å². The maximum Gasteiger partial charge on any atom is 0.0205 e. The Balaban J connectivity index is 1.67. The molecule has 1 heteroatoms. The molecule has 1 N–H and O–H groups in total. The van der Waals surface area contributed by atoms with E-state index in [0.717, 1.165) is 25.9 Å². The summed E-state index contributed by atoms with van der Waals surface area (Å²) in [6.45, 7) is 1.79. The van der Waals surface area contributed by atoms with Gasteiger partial charge in [-0.1, -0.05) is 121 Å². The second-order valence-corrected chi connectivity index (χ2v) is 8.06. The summed E-state index contributed by atoms with van der Waals surface area (Å²) in [4.78, 5) is 0. The summed E-state index contributed by atoms with van der Waals surface area (Å²) in [5.74, 6) is 0. The first-order valence-electron chi connectivity index (χ1n) is 10.7. The highest BCUT2D eigenvalue weighted by Crippen LogP contribution is 2.32. The molecule has 0 spiro atoms. The van der Waals surface area contributed by atoms with Crippen molar-refractivity contribution in [1.82, 2.24) is 5.32 Å². The third kappa shape index (κ3) is 5.25. The lowest BCUT2D eigenvalue weighted by atomic mass is 9.71. The van der Waals surface area contributed by atoms with Crippen molar-refractivity contribution >= 4 is 0 Å². The van der Waals surface area contributed by atoms with Gasteiger partial charge in [0.05, 0.1) is 0 Å². The summed E-state index contributed by atoms with van der Waals surface area (Å²) < 4.78 is 0. The molecular formula is C29H29N. The molecule has 0 fully saturated rings. The van der Waals surface area contributed by atoms with Gasteiger partial charge >= 0.3 is 0 Å². The maximum absolute atomic E-state index is 3.78. The van der Waals surface area contributed by atoms with Crippen LogP contribution in [0.3, 0.4) is 0 Å². The molecule has 0 amide bonds. The molecule has 0 bridgehead atoms. The first-order chi connectivity index (χ1) is 14.8. The molecule has 0 atom stereocenters. The molecule has 150 valence electrons. The molecule has 0 aliphatic rings. The molecule has 0 saturated heterocycles. The van der Waals surface area contributed by atoms with Crippen LogP contribution in [0.25, 0.3) is 0 Å². The molecule has 0 aliphatic heterocycles. The van der Waals surface area contributed by atoms with Gasteiger partial charge in [-0.15, -0.1) is 0 Å². The van der Waals surface area contributed by atoms with Crippen molar-refractivity contribution in [2.24, 2.45) is 0 Å². The quantitative estimate of drug-likeness (QED) is 0.358. The Kier molecular flexibility index (Phi) is 6.74. The second-order valence-electron chi connectivity index (χ2n) is 8.06. The summed E-state index contributed by atoms with van der Waals surface area (Å²) in [6.07, 6.45) is 1.99. The van der Waals surface area contributed by atoms with E-state index in [1.165, 1.54) is 22.3 Å². The molecule has 0 heterocycles. The molecule has 0 aliphatic carbocycles. The fourth-order valence-corrected chi connectivity index (χ4v) is 4.30. The van der Waals surface area contributed by atoms with Crippen LogP contribution in [0.2, 0.25) is 0 Å². The summed E-state index contributed by atoms with van der Waals surface area (Å²) in [7, 11) is 0. The van der Waals surface area contributed by atoms with Crippen molar-refractivity contribution in [1.29, 1.82) is 0 Å². The fraction of sp³-hybridized carbons (Fsp3) is 0.172.